The second-order valence-corrected chi connectivity index (χ2v) is 5.69. The first-order valence-corrected chi connectivity index (χ1v) is 7.41. The summed E-state index contributed by atoms with van der Waals surface area (Å²) in [7, 11) is 0. The molecule has 0 fully saturated rings. The van der Waals surface area contributed by atoms with Gasteiger partial charge in [-0.15, -0.1) is 9.47 Å². The number of carbonyl (C=O) groups excluding carboxylic acids is 2. The highest BCUT2D eigenvalue weighted by Gasteiger charge is 2.50. The molecular weight excluding hydrogens is 314 g/mol. The van der Waals surface area contributed by atoms with Gasteiger partial charge in [0.25, 0.3) is 5.69 Å². The second-order valence-electron chi connectivity index (χ2n) is 5.33. The van der Waals surface area contributed by atoms with Crippen LogP contribution in [0.15, 0.2) is 48.5 Å². The molecule has 0 saturated carbocycles. The van der Waals surface area contributed by atoms with E-state index in [4.69, 9.17) is 11.6 Å². The zero-order valence-corrected chi connectivity index (χ0v) is 12.9. The monoisotopic (exact) mass is 324 g/mol. The molecule has 0 atom stereocenters. The molecule has 23 heavy (non-hydrogen) atoms. The molecule has 0 saturated heterocycles. The Hall–Kier alpha value is -2.79. The van der Waals surface area contributed by atoms with Crippen LogP contribution in [0.1, 0.15) is 16.1 Å². The molecule has 0 aliphatic carbocycles. The third-order valence-electron chi connectivity index (χ3n) is 3.84. The van der Waals surface area contributed by atoms with Crippen molar-refractivity contribution in [3.05, 3.63) is 64.9 Å². The molecule has 2 aromatic carbocycles. The van der Waals surface area contributed by atoms with Crippen molar-refractivity contribution in [3.63, 3.8) is 0 Å². The third kappa shape index (κ3) is 1.94. The van der Waals surface area contributed by atoms with Crippen molar-refractivity contribution in [2.75, 3.05) is 4.90 Å². The summed E-state index contributed by atoms with van der Waals surface area (Å²) in [6, 6.07) is 13.8. The molecule has 0 N–H and O–H groups in total. The van der Waals surface area contributed by atoms with Crippen molar-refractivity contribution < 1.29 is 14.2 Å². The van der Waals surface area contributed by atoms with Gasteiger partial charge in [0.15, 0.2) is 10.7 Å². The van der Waals surface area contributed by atoms with Crippen LogP contribution >= 0.6 is 11.6 Å². The molecule has 2 heterocycles. The molecule has 5 nitrogen and oxygen atoms in total. The van der Waals surface area contributed by atoms with Gasteiger partial charge >= 0.3 is 11.9 Å². The molecule has 0 radical (unpaired) electrons. The van der Waals surface area contributed by atoms with Crippen LogP contribution in [0.5, 0.6) is 0 Å². The maximum atomic E-state index is 12.8. The topological polar surface area (TPSA) is 54.2 Å². The first-order valence-electron chi connectivity index (χ1n) is 7.03. The van der Waals surface area contributed by atoms with Crippen LogP contribution in [0.25, 0.3) is 11.0 Å². The van der Waals surface area contributed by atoms with E-state index in [0.29, 0.717) is 16.7 Å². The lowest BCUT2D eigenvalue weighted by atomic mass is 10.2. The molecule has 4 rings (SSSR count). The number of aryl methyl sites for hydroxylation is 1. The molecule has 1 aliphatic rings. The van der Waals surface area contributed by atoms with E-state index >= 15 is 0 Å². The summed E-state index contributed by atoms with van der Waals surface area (Å²) in [5.41, 5.74) is 2.77. The lowest BCUT2D eigenvalue weighted by molar-refractivity contribution is -0.537. The largest absolute Gasteiger partial charge is 0.512 e. The zero-order chi connectivity index (χ0) is 16.1. The molecule has 1 aliphatic heterocycles. The minimum Gasteiger partial charge on any atom is -0.236 e. The van der Waals surface area contributed by atoms with Crippen LogP contribution in [-0.4, -0.2) is 16.9 Å². The van der Waals surface area contributed by atoms with Crippen molar-refractivity contribution in [2.24, 2.45) is 0 Å². The Kier molecular flexibility index (Phi) is 2.92. The molecule has 112 valence electrons. The van der Waals surface area contributed by atoms with Gasteiger partial charge in [-0.1, -0.05) is 41.4 Å². The van der Waals surface area contributed by atoms with Gasteiger partial charge in [0.05, 0.1) is 0 Å². The van der Waals surface area contributed by atoms with Gasteiger partial charge in [-0.3, -0.25) is 0 Å². The van der Waals surface area contributed by atoms with Crippen LogP contribution in [0.2, 0.25) is 5.15 Å². The van der Waals surface area contributed by atoms with E-state index in [-0.39, 0.29) is 10.8 Å². The number of hydrogen-bond acceptors (Lipinski definition) is 3. The van der Waals surface area contributed by atoms with Gasteiger partial charge in [-0.2, -0.15) is 4.79 Å². The molecule has 0 unspecified atom stereocenters. The minimum atomic E-state index is -0.470. The fourth-order valence-corrected chi connectivity index (χ4v) is 2.97. The smallest absolute Gasteiger partial charge is 0.236 e. The number of carbonyl (C=O) groups is 2. The Balaban J connectivity index is 1.97. The fraction of sp³-hybridized carbons (Fsp3) is 0.0588. The van der Waals surface area contributed by atoms with Crippen molar-refractivity contribution in [1.82, 2.24) is 4.98 Å². The van der Waals surface area contributed by atoms with Crippen molar-refractivity contribution in [2.45, 2.75) is 6.92 Å². The highest BCUT2D eigenvalue weighted by molar-refractivity contribution is 6.35. The molecule has 2 amide bonds. The number of benzene rings is 2. The van der Waals surface area contributed by atoms with Crippen molar-refractivity contribution >= 4 is 40.3 Å². The summed E-state index contributed by atoms with van der Waals surface area (Å²) >= 11 is 6.16. The number of halogens is 1. The third-order valence-corrected chi connectivity index (χ3v) is 4.10. The summed E-state index contributed by atoms with van der Waals surface area (Å²) in [6.45, 7) is 1.94. The average molecular weight is 325 g/mol. The number of anilines is 1. The quantitative estimate of drug-likeness (QED) is 0.646. The number of aromatic nitrogens is 2. The SMILES string of the molecule is Cc1ccc(N2C(=O)c3c(Cl)nc4ccccc4[n+]3C2=O)cc1. The molecule has 6 heteroatoms. The van der Waals surface area contributed by atoms with Gasteiger partial charge in [0.2, 0.25) is 0 Å². The average Bonchev–Trinajstić information content (AvgIpc) is 2.81. The van der Waals surface area contributed by atoms with Gasteiger partial charge in [0, 0.05) is 0 Å². The summed E-state index contributed by atoms with van der Waals surface area (Å²) in [6.07, 6.45) is 0. The normalized spacial score (nSPS) is 13.7. The molecule has 0 bridgehead atoms. The van der Waals surface area contributed by atoms with E-state index in [1.807, 2.05) is 19.1 Å². The van der Waals surface area contributed by atoms with E-state index in [1.54, 1.807) is 36.4 Å². The van der Waals surface area contributed by atoms with Gasteiger partial charge in [-0.25, -0.2) is 9.78 Å². The van der Waals surface area contributed by atoms with Crippen LogP contribution in [0, 0.1) is 6.92 Å². The maximum Gasteiger partial charge on any atom is 0.512 e. The number of nitrogens with zero attached hydrogens (tertiary/aromatic N) is 3. The number of rotatable bonds is 1. The van der Waals surface area contributed by atoms with Crippen LogP contribution in [-0.2, 0) is 0 Å². The highest BCUT2D eigenvalue weighted by atomic mass is 35.5. The molecular formula is C17H11ClN3O2+. The van der Waals surface area contributed by atoms with Crippen LogP contribution in [0.4, 0.5) is 10.5 Å². The molecule has 3 aromatic rings. The minimum absolute atomic E-state index is 0.0247. The predicted molar refractivity (Wildman–Crippen MR) is 85.7 cm³/mol. The van der Waals surface area contributed by atoms with Crippen LogP contribution in [0.3, 0.4) is 0 Å². The lowest BCUT2D eigenvalue weighted by Gasteiger charge is -2.04. The Morgan fingerprint density at radius 3 is 2.48 bits per heavy atom. The standard InChI is InChI=1S/C17H11ClN3O2/c1-10-6-8-11(9-7-10)20-16(22)14-15(18)19-12-4-2-3-5-13(12)21(14)17(20)23/h2-9H,1H3/q+1. The van der Waals surface area contributed by atoms with Crippen molar-refractivity contribution in [1.29, 1.82) is 0 Å². The summed E-state index contributed by atoms with van der Waals surface area (Å²) in [4.78, 5) is 30.9. The lowest BCUT2D eigenvalue weighted by Crippen LogP contribution is -2.46. The predicted octanol–water partition coefficient (Wildman–Crippen LogP) is 3.11. The highest BCUT2D eigenvalue weighted by Crippen LogP contribution is 2.26. The summed E-state index contributed by atoms with van der Waals surface area (Å²) < 4.78 is 1.33. The zero-order valence-electron chi connectivity index (χ0n) is 12.2. The summed E-state index contributed by atoms with van der Waals surface area (Å²) in [5, 5.41) is 0.0247. The van der Waals surface area contributed by atoms with Gasteiger partial charge in [0.1, 0.15) is 11.2 Å². The maximum absolute atomic E-state index is 12.8. The number of fused-ring (bicyclic) bond motifs is 3. The van der Waals surface area contributed by atoms with Crippen LogP contribution < -0.4 is 9.47 Å². The summed E-state index contributed by atoms with van der Waals surface area (Å²) in [5.74, 6) is -0.470. The number of imide groups is 1. The van der Waals surface area contributed by atoms with Gasteiger partial charge in [-0.05, 0) is 31.2 Å². The van der Waals surface area contributed by atoms with E-state index < -0.39 is 11.9 Å². The number of hydrogen-bond donors (Lipinski definition) is 0. The first-order chi connectivity index (χ1) is 11.1. The van der Waals surface area contributed by atoms with E-state index in [9.17, 15) is 9.59 Å². The Bertz CT molecular complexity index is 983. The molecule has 1 aromatic heterocycles. The van der Waals surface area contributed by atoms with E-state index in [1.165, 1.54) is 4.57 Å². The van der Waals surface area contributed by atoms with Gasteiger partial charge < -0.3 is 0 Å². The number of amides is 2. The van der Waals surface area contributed by atoms with E-state index in [2.05, 4.69) is 4.98 Å². The van der Waals surface area contributed by atoms with E-state index in [0.717, 1.165) is 10.5 Å². The van der Waals surface area contributed by atoms with Crippen molar-refractivity contribution in [3.8, 4) is 0 Å². The number of para-hydroxylation sites is 2. The Morgan fingerprint density at radius 1 is 1.04 bits per heavy atom. The fourth-order valence-electron chi connectivity index (χ4n) is 2.72. The molecule has 0 spiro atoms. The first kappa shape index (κ1) is 13.8. The Morgan fingerprint density at radius 2 is 1.74 bits per heavy atom. The second kappa shape index (κ2) is 4.86. The Labute approximate surface area is 136 Å².